The standard InChI is InChI=1S/C11H11ClO4/c1-7(13)16-10-3-2-8(12)4-11(10)15-6-9-5-14-9/h2-4,9H,5-6H2,1H3. The molecule has 0 N–H and O–H groups in total. The van der Waals surface area contributed by atoms with E-state index in [0.29, 0.717) is 29.7 Å². The molecular weight excluding hydrogens is 232 g/mol. The summed E-state index contributed by atoms with van der Waals surface area (Å²) < 4.78 is 15.5. The molecule has 1 aromatic rings. The Morgan fingerprint density at radius 2 is 2.31 bits per heavy atom. The van der Waals surface area contributed by atoms with E-state index in [9.17, 15) is 4.79 Å². The number of rotatable bonds is 4. The number of halogens is 1. The van der Waals surface area contributed by atoms with E-state index >= 15 is 0 Å². The van der Waals surface area contributed by atoms with Gasteiger partial charge in [0.15, 0.2) is 11.5 Å². The molecule has 0 aromatic heterocycles. The fraction of sp³-hybridized carbons (Fsp3) is 0.364. The highest BCUT2D eigenvalue weighted by molar-refractivity contribution is 6.30. The minimum absolute atomic E-state index is 0.143. The number of epoxide rings is 1. The first-order chi connectivity index (χ1) is 7.65. The molecule has 1 heterocycles. The van der Waals surface area contributed by atoms with Gasteiger partial charge in [0, 0.05) is 18.0 Å². The number of carbonyl (C=O) groups is 1. The lowest BCUT2D eigenvalue weighted by molar-refractivity contribution is -0.132. The molecule has 1 aromatic carbocycles. The molecule has 1 unspecified atom stereocenters. The van der Waals surface area contributed by atoms with Crippen LogP contribution in [-0.2, 0) is 9.53 Å². The Balaban J connectivity index is 2.10. The zero-order chi connectivity index (χ0) is 11.5. The summed E-state index contributed by atoms with van der Waals surface area (Å²) in [4.78, 5) is 10.9. The Hall–Kier alpha value is -1.26. The van der Waals surface area contributed by atoms with Crippen LogP contribution in [0.15, 0.2) is 18.2 Å². The van der Waals surface area contributed by atoms with Crippen LogP contribution in [0.4, 0.5) is 0 Å². The minimum atomic E-state index is -0.394. The molecule has 0 spiro atoms. The molecule has 0 saturated carbocycles. The van der Waals surface area contributed by atoms with Crippen LogP contribution in [0.3, 0.4) is 0 Å². The predicted octanol–water partition coefficient (Wildman–Crippen LogP) is 2.04. The summed E-state index contributed by atoms with van der Waals surface area (Å²) in [6.45, 7) is 2.49. The molecule has 0 aliphatic carbocycles. The van der Waals surface area contributed by atoms with E-state index in [0.717, 1.165) is 0 Å². The summed E-state index contributed by atoms with van der Waals surface area (Å²) in [6, 6.07) is 4.86. The monoisotopic (exact) mass is 242 g/mol. The van der Waals surface area contributed by atoms with Crippen molar-refractivity contribution in [2.75, 3.05) is 13.2 Å². The number of hydrogen-bond acceptors (Lipinski definition) is 4. The molecule has 4 nitrogen and oxygen atoms in total. The van der Waals surface area contributed by atoms with Gasteiger partial charge < -0.3 is 14.2 Å². The Morgan fingerprint density at radius 1 is 1.56 bits per heavy atom. The largest absolute Gasteiger partial charge is 0.487 e. The van der Waals surface area contributed by atoms with Gasteiger partial charge in [0.1, 0.15) is 12.7 Å². The summed E-state index contributed by atoms with van der Waals surface area (Å²) in [5.74, 6) is 0.436. The first-order valence-electron chi connectivity index (χ1n) is 4.87. The van der Waals surface area contributed by atoms with Crippen LogP contribution in [0.2, 0.25) is 5.02 Å². The first kappa shape index (κ1) is 11.2. The predicted molar refractivity (Wildman–Crippen MR) is 58.0 cm³/mol. The molecule has 5 heteroatoms. The molecule has 1 fully saturated rings. The van der Waals surface area contributed by atoms with E-state index in [2.05, 4.69) is 0 Å². The van der Waals surface area contributed by atoms with Gasteiger partial charge in [0.2, 0.25) is 0 Å². The lowest BCUT2D eigenvalue weighted by Crippen LogP contribution is -2.07. The molecular formula is C11H11ClO4. The van der Waals surface area contributed by atoms with Gasteiger partial charge >= 0.3 is 5.97 Å². The van der Waals surface area contributed by atoms with E-state index in [1.807, 2.05) is 0 Å². The quantitative estimate of drug-likeness (QED) is 0.461. The molecule has 0 bridgehead atoms. The topological polar surface area (TPSA) is 48.1 Å². The Kier molecular flexibility index (Phi) is 3.31. The average molecular weight is 243 g/mol. The lowest BCUT2D eigenvalue weighted by Gasteiger charge is -2.10. The zero-order valence-corrected chi connectivity index (χ0v) is 9.49. The van der Waals surface area contributed by atoms with Crippen molar-refractivity contribution in [2.45, 2.75) is 13.0 Å². The number of carbonyl (C=O) groups excluding carboxylic acids is 1. The fourth-order valence-corrected chi connectivity index (χ4v) is 1.34. The smallest absolute Gasteiger partial charge is 0.308 e. The molecule has 16 heavy (non-hydrogen) atoms. The Morgan fingerprint density at radius 3 is 2.94 bits per heavy atom. The molecule has 1 atom stereocenters. The number of ether oxygens (including phenoxy) is 3. The van der Waals surface area contributed by atoms with Gasteiger partial charge in [-0.2, -0.15) is 0 Å². The summed E-state index contributed by atoms with van der Waals surface area (Å²) >= 11 is 5.83. The third-order valence-electron chi connectivity index (χ3n) is 1.99. The fourth-order valence-electron chi connectivity index (χ4n) is 1.18. The maximum absolute atomic E-state index is 10.9. The van der Waals surface area contributed by atoms with Gasteiger partial charge in [0.25, 0.3) is 0 Å². The van der Waals surface area contributed by atoms with Crippen molar-refractivity contribution < 1.29 is 19.0 Å². The molecule has 2 rings (SSSR count). The van der Waals surface area contributed by atoms with Gasteiger partial charge in [-0.1, -0.05) is 11.6 Å². The number of esters is 1. The third-order valence-corrected chi connectivity index (χ3v) is 2.22. The summed E-state index contributed by atoms with van der Waals surface area (Å²) in [5.41, 5.74) is 0. The molecule has 86 valence electrons. The molecule has 1 saturated heterocycles. The van der Waals surface area contributed by atoms with Crippen LogP contribution >= 0.6 is 11.6 Å². The summed E-state index contributed by atoms with van der Waals surface area (Å²) in [7, 11) is 0. The van der Waals surface area contributed by atoms with Gasteiger partial charge in [-0.15, -0.1) is 0 Å². The highest BCUT2D eigenvalue weighted by Crippen LogP contribution is 2.31. The van der Waals surface area contributed by atoms with Crippen molar-refractivity contribution in [3.05, 3.63) is 23.2 Å². The second-order valence-electron chi connectivity index (χ2n) is 3.45. The zero-order valence-electron chi connectivity index (χ0n) is 8.73. The highest BCUT2D eigenvalue weighted by Gasteiger charge is 2.23. The molecule has 1 aliphatic rings. The van der Waals surface area contributed by atoms with Crippen molar-refractivity contribution in [1.29, 1.82) is 0 Å². The van der Waals surface area contributed by atoms with Crippen molar-refractivity contribution in [1.82, 2.24) is 0 Å². The van der Waals surface area contributed by atoms with Crippen molar-refractivity contribution >= 4 is 17.6 Å². The van der Waals surface area contributed by atoms with Gasteiger partial charge in [-0.3, -0.25) is 4.79 Å². The average Bonchev–Trinajstić information content (AvgIpc) is 3.01. The summed E-state index contributed by atoms with van der Waals surface area (Å²) in [6.07, 6.45) is 0.143. The minimum Gasteiger partial charge on any atom is -0.487 e. The van der Waals surface area contributed by atoms with Crippen molar-refractivity contribution in [3.8, 4) is 11.5 Å². The molecule has 1 aliphatic heterocycles. The Labute approximate surface area is 98.1 Å². The number of hydrogen-bond donors (Lipinski definition) is 0. The maximum Gasteiger partial charge on any atom is 0.308 e. The van der Waals surface area contributed by atoms with E-state index in [-0.39, 0.29) is 6.10 Å². The molecule has 0 radical (unpaired) electrons. The second-order valence-corrected chi connectivity index (χ2v) is 3.89. The second kappa shape index (κ2) is 4.72. The maximum atomic E-state index is 10.9. The lowest BCUT2D eigenvalue weighted by atomic mass is 10.3. The normalized spacial score (nSPS) is 18.0. The highest BCUT2D eigenvalue weighted by atomic mass is 35.5. The van der Waals surface area contributed by atoms with Gasteiger partial charge in [-0.25, -0.2) is 0 Å². The van der Waals surface area contributed by atoms with Crippen LogP contribution in [-0.4, -0.2) is 25.3 Å². The third kappa shape index (κ3) is 3.12. The van der Waals surface area contributed by atoms with Crippen LogP contribution in [0.5, 0.6) is 11.5 Å². The Bertz CT molecular complexity index is 401. The van der Waals surface area contributed by atoms with E-state index < -0.39 is 5.97 Å². The van der Waals surface area contributed by atoms with Crippen LogP contribution < -0.4 is 9.47 Å². The van der Waals surface area contributed by atoms with Crippen LogP contribution in [0.25, 0.3) is 0 Å². The van der Waals surface area contributed by atoms with E-state index in [1.165, 1.54) is 6.92 Å². The molecule has 0 amide bonds. The van der Waals surface area contributed by atoms with Gasteiger partial charge in [0.05, 0.1) is 6.61 Å². The SMILES string of the molecule is CC(=O)Oc1ccc(Cl)cc1OCC1CO1. The van der Waals surface area contributed by atoms with Crippen molar-refractivity contribution in [3.63, 3.8) is 0 Å². The van der Waals surface area contributed by atoms with E-state index in [4.69, 9.17) is 25.8 Å². The van der Waals surface area contributed by atoms with Gasteiger partial charge in [-0.05, 0) is 12.1 Å². The van der Waals surface area contributed by atoms with Crippen LogP contribution in [0.1, 0.15) is 6.92 Å². The first-order valence-corrected chi connectivity index (χ1v) is 5.25. The van der Waals surface area contributed by atoms with E-state index in [1.54, 1.807) is 18.2 Å². The number of benzene rings is 1. The van der Waals surface area contributed by atoms with Crippen LogP contribution in [0, 0.1) is 0 Å². The summed E-state index contributed by atoms with van der Waals surface area (Å²) in [5, 5.41) is 0.530. The van der Waals surface area contributed by atoms with Crippen molar-refractivity contribution in [2.24, 2.45) is 0 Å².